The second kappa shape index (κ2) is 7.95. The topological polar surface area (TPSA) is 87.0 Å². The lowest BCUT2D eigenvalue weighted by Crippen LogP contribution is -1.95. The van der Waals surface area contributed by atoms with E-state index in [-0.39, 0.29) is 10.6 Å². The van der Waals surface area contributed by atoms with Crippen LogP contribution in [0, 0.1) is 17.0 Å². The van der Waals surface area contributed by atoms with Crippen LogP contribution in [0.2, 0.25) is 0 Å². The average molecular weight is 322 g/mol. The molecule has 22 heavy (non-hydrogen) atoms. The molecule has 0 atom stereocenters. The summed E-state index contributed by atoms with van der Waals surface area (Å²) in [4.78, 5) is 15.9. The third-order valence-corrected chi connectivity index (χ3v) is 4.25. The highest BCUT2D eigenvalue weighted by Crippen LogP contribution is 2.35. The van der Waals surface area contributed by atoms with Crippen LogP contribution >= 0.6 is 11.8 Å². The van der Waals surface area contributed by atoms with Crippen molar-refractivity contribution in [2.45, 2.75) is 36.6 Å². The van der Waals surface area contributed by atoms with Crippen LogP contribution in [0.15, 0.2) is 34.2 Å². The van der Waals surface area contributed by atoms with Crippen molar-refractivity contribution in [2.24, 2.45) is 12.8 Å². The van der Waals surface area contributed by atoms with E-state index in [0.717, 1.165) is 21.4 Å². The van der Waals surface area contributed by atoms with Gasteiger partial charge in [-0.1, -0.05) is 31.7 Å². The van der Waals surface area contributed by atoms with Gasteiger partial charge in [-0.2, -0.15) is 0 Å². The Morgan fingerprint density at radius 1 is 1.36 bits per heavy atom. The highest BCUT2D eigenvalue weighted by molar-refractivity contribution is 7.99. The summed E-state index contributed by atoms with van der Waals surface area (Å²) in [7, 11) is 3.47. The van der Waals surface area contributed by atoms with E-state index in [1.807, 2.05) is 24.6 Å². The molecule has 0 aliphatic carbocycles. The molecule has 0 saturated heterocycles. The molecule has 0 unspecified atom stereocenters. The Labute approximate surface area is 134 Å². The molecular formula is C15H22N4O2S. The van der Waals surface area contributed by atoms with Crippen LogP contribution in [0.25, 0.3) is 0 Å². The summed E-state index contributed by atoms with van der Waals surface area (Å²) < 4.78 is 2.03. The minimum atomic E-state index is -0.373. The van der Waals surface area contributed by atoms with Crippen LogP contribution in [0.1, 0.15) is 31.3 Å². The Morgan fingerprint density at radius 2 is 2.00 bits per heavy atom. The largest absolute Gasteiger partial charge is 0.333 e. The molecule has 0 radical (unpaired) electrons. The van der Waals surface area contributed by atoms with Crippen molar-refractivity contribution in [3.05, 3.63) is 45.9 Å². The fourth-order valence-corrected chi connectivity index (χ4v) is 3.09. The molecule has 0 bridgehead atoms. The van der Waals surface area contributed by atoms with Crippen molar-refractivity contribution >= 4 is 17.4 Å². The molecule has 1 aromatic carbocycles. The van der Waals surface area contributed by atoms with Crippen molar-refractivity contribution in [3.63, 3.8) is 0 Å². The average Bonchev–Trinajstić information content (AvgIpc) is 2.78. The molecule has 2 rings (SSSR count). The maximum atomic E-state index is 10.8. The number of hydrogen-bond donors (Lipinski definition) is 1. The molecule has 0 aliphatic heterocycles. The summed E-state index contributed by atoms with van der Waals surface area (Å²) in [5.41, 5.74) is 5.64. The minimum Gasteiger partial charge on any atom is -0.333 e. The van der Waals surface area contributed by atoms with Crippen molar-refractivity contribution in [1.82, 2.24) is 9.55 Å². The van der Waals surface area contributed by atoms with Gasteiger partial charge in [-0.15, -0.1) is 0 Å². The Balaban J connectivity index is 0.00000116. The summed E-state index contributed by atoms with van der Waals surface area (Å²) in [5, 5.41) is 11.9. The van der Waals surface area contributed by atoms with Crippen LogP contribution in [-0.2, 0) is 7.05 Å². The van der Waals surface area contributed by atoms with E-state index in [1.54, 1.807) is 12.1 Å². The summed E-state index contributed by atoms with van der Waals surface area (Å²) in [6.45, 7) is 6.15. The first-order chi connectivity index (χ1) is 10.4. The normalized spacial score (nSPS) is 10.3. The Bertz CT molecular complexity index is 653. The van der Waals surface area contributed by atoms with Gasteiger partial charge >= 0.3 is 0 Å². The van der Waals surface area contributed by atoms with Crippen molar-refractivity contribution < 1.29 is 4.92 Å². The predicted molar refractivity (Wildman–Crippen MR) is 89.4 cm³/mol. The van der Waals surface area contributed by atoms with Gasteiger partial charge in [0.15, 0.2) is 0 Å². The van der Waals surface area contributed by atoms with E-state index in [4.69, 9.17) is 0 Å². The summed E-state index contributed by atoms with van der Waals surface area (Å²) in [6, 6.07) is 6.68. The van der Waals surface area contributed by atoms with Gasteiger partial charge < -0.3 is 10.3 Å². The molecule has 7 heteroatoms. The Kier molecular flexibility index (Phi) is 6.58. The molecule has 2 N–H and O–H groups in total. The van der Waals surface area contributed by atoms with E-state index < -0.39 is 0 Å². The molecule has 0 saturated carbocycles. The van der Waals surface area contributed by atoms with E-state index >= 15 is 0 Å². The zero-order valence-electron chi connectivity index (χ0n) is 13.5. The third kappa shape index (κ3) is 4.08. The first-order valence-corrected chi connectivity index (χ1v) is 7.75. The lowest BCUT2D eigenvalue weighted by molar-refractivity contribution is -0.385. The van der Waals surface area contributed by atoms with Gasteiger partial charge in [-0.05, 0) is 26.0 Å². The predicted octanol–water partition coefficient (Wildman–Crippen LogP) is 3.49. The number of hydrogen-bond acceptors (Lipinski definition) is 5. The minimum absolute atomic E-state index is 0.111. The number of aromatic nitrogens is 2. The number of nitro benzene ring substituents is 1. The highest BCUT2D eigenvalue weighted by atomic mass is 32.2. The molecule has 0 spiro atoms. The monoisotopic (exact) mass is 322 g/mol. The van der Waals surface area contributed by atoms with Crippen molar-refractivity contribution in [1.29, 1.82) is 0 Å². The standard InChI is InChI=1S/C14H17N3O2S.CH5N/c1-9(2)13-14(16(4)10(3)15-13)20-12-7-5-6-11(8-12)17(18)19;1-2/h5-9H,1-4H3;2H2,1H3. The first kappa shape index (κ1) is 18.2. The quantitative estimate of drug-likeness (QED) is 0.688. The van der Waals surface area contributed by atoms with Gasteiger partial charge in [0, 0.05) is 24.1 Å². The van der Waals surface area contributed by atoms with Crippen LogP contribution in [0.4, 0.5) is 5.69 Å². The number of nitrogens with two attached hydrogens (primary N) is 1. The third-order valence-electron chi connectivity index (χ3n) is 3.08. The van der Waals surface area contributed by atoms with Crippen LogP contribution in [0.3, 0.4) is 0 Å². The SMILES string of the molecule is CN.Cc1nc(C(C)C)c(Sc2cccc([N+](=O)[O-])c2)n1C. The summed E-state index contributed by atoms with van der Waals surface area (Å²) in [6.07, 6.45) is 0. The molecular weight excluding hydrogens is 300 g/mol. The maximum Gasteiger partial charge on any atom is 0.270 e. The number of nitro groups is 1. The molecule has 1 aromatic heterocycles. The second-order valence-electron chi connectivity index (χ2n) is 4.92. The molecule has 2 aromatic rings. The maximum absolute atomic E-state index is 10.8. The molecule has 0 aliphatic rings. The summed E-state index contributed by atoms with van der Waals surface area (Å²) >= 11 is 1.52. The Hall–Kier alpha value is -1.86. The number of benzene rings is 1. The number of non-ortho nitro benzene ring substituents is 1. The molecule has 0 amide bonds. The van der Waals surface area contributed by atoms with Gasteiger partial charge in [-0.25, -0.2) is 4.98 Å². The van der Waals surface area contributed by atoms with Crippen LogP contribution in [0.5, 0.6) is 0 Å². The lowest BCUT2D eigenvalue weighted by Gasteiger charge is -2.08. The number of rotatable bonds is 4. The second-order valence-corrected chi connectivity index (χ2v) is 5.98. The van der Waals surface area contributed by atoms with Crippen LogP contribution < -0.4 is 5.73 Å². The number of nitrogens with zero attached hydrogens (tertiary/aromatic N) is 3. The molecule has 6 nitrogen and oxygen atoms in total. The Morgan fingerprint density at radius 3 is 2.55 bits per heavy atom. The zero-order chi connectivity index (χ0) is 16.9. The van der Waals surface area contributed by atoms with Crippen LogP contribution in [-0.4, -0.2) is 21.5 Å². The van der Waals surface area contributed by atoms with E-state index in [1.165, 1.54) is 24.9 Å². The number of imidazole rings is 1. The van der Waals surface area contributed by atoms with Gasteiger partial charge in [0.05, 0.1) is 10.6 Å². The highest BCUT2D eigenvalue weighted by Gasteiger charge is 2.17. The van der Waals surface area contributed by atoms with E-state index in [0.29, 0.717) is 5.92 Å². The van der Waals surface area contributed by atoms with E-state index in [2.05, 4.69) is 24.6 Å². The fourth-order valence-electron chi connectivity index (χ4n) is 1.88. The van der Waals surface area contributed by atoms with Crippen molar-refractivity contribution in [3.8, 4) is 0 Å². The molecule has 1 heterocycles. The smallest absolute Gasteiger partial charge is 0.270 e. The van der Waals surface area contributed by atoms with E-state index in [9.17, 15) is 10.1 Å². The zero-order valence-corrected chi connectivity index (χ0v) is 14.3. The van der Waals surface area contributed by atoms with Gasteiger partial charge in [-0.3, -0.25) is 10.1 Å². The molecule has 0 fully saturated rings. The van der Waals surface area contributed by atoms with Gasteiger partial charge in [0.1, 0.15) is 10.9 Å². The van der Waals surface area contributed by atoms with Crippen molar-refractivity contribution in [2.75, 3.05) is 7.05 Å². The van der Waals surface area contributed by atoms with Gasteiger partial charge in [0.2, 0.25) is 0 Å². The van der Waals surface area contributed by atoms with Gasteiger partial charge in [0.25, 0.3) is 5.69 Å². The summed E-state index contributed by atoms with van der Waals surface area (Å²) in [5.74, 6) is 1.26. The lowest BCUT2D eigenvalue weighted by atomic mass is 10.2. The molecule has 120 valence electrons. The first-order valence-electron chi connectivity index (χ1n) is 6.93. The fraction of sp³-hybridized carbons (Fsp3) is 0.400. The number of aryl methyl sites for hydroxylation is 1.